The smallest absolute Gasteiger partial charge is 0.340 e. The minimum atomic E-state index is -1.20. The zero-order valence-corrected chi connectivity index (χ0v) is 26.1. The number of fused-ring (bicyclic) bond motifs is 2. The quantitative estimate of drug-likeness (QED) is 0.146. The number of ether oxygens (including phenoxy) is 1. The molecule has 6 aromatic rings. The summed E-state index contributed by atoms with van der Waals surface area (Å²) in [7, 11) is 1.27. The number of esters is 1. The van der Waals surface area contributed by atoms with Gasteiger partial charge in [-0.15, -0.1) is 0 Å². The molecule has 0 amide bonds. The Labute approximate surface area is 275 Å². The monoisotopic (exact) mass is 680 g/mol. The molecule has 0 atom stereocenters. The highest BCUT2D eigenvalue weighted by molar-refractivity contribution is 6.41. The molecule has 0 aliphatic heterocycles. The summed E-state index contributed by atoms with van der Waals surface area (Å²) in [6.07, 6.45) is 3.38. The van der Waals surface area contributed by atoms with Crippen molar-refractivity contribution in [3.63, 3.8) is 0 Å². The second-order valence-electron chi connectivity index (χ2n) is 9.12. The normalized spacial score (nSPS) is 10.6. The van der Waals surface area contributed by atoms with Gasteiger partial charge in [-0.3, -0.25) is 0 Å². The Balaban J connectivity index is 0.000000178. The highest BCUT2D eigenvalue weighted by Crippen LogP contribution is 2.34. The lowest BCUT2D eigenvalue weighted by Crippen LogP contribution is -2.06. The third kappa shape index (κ3) is 7.16. The van der Waals surface area contributed by atoms with Crippen molar-refractivity contribution in [2.45, 2.75) is 0 Å². The maximum atomic E-state index is 11.8. The Morgan fingerprint density at radius 3 is 1.58 bits per heavy atom. The van der Waals surface area contributed by atoms with E-state index in [1.54, 1.807) is 30.6 Å². The molecule has 0 bridgehead atoms. The number of carboxylic acid groups (broad SMARTS) is 1. The summed E-state index contributed by atoms with van der Waals surface area (Å²) in [6, 6.07) is 21.4. The largest absolute Gasteiger partial charge is 0.478 e. The van der Waals surface area contributed by atoms with Crippen LogP contribution in [0.3, 0.4) is 0 Å². The topological polar surface area (TPSA) is 139 Å². The van der Waals surface area contributed by atoms with Crippen molar-refractivity contribution >= 4 is 103 Å². The fourth-order valence-corrected chi connectivity index (χ4v) is 5.24. The van der Waals surface area contributed by atoms with Crippen LogP contribution in [0.4, 0.5) is 23.3 Å². The molecular formula is C31H20Cl4N6O4. The highest BCUT2D eigenvalue weighted by atomic mass is 35.5. The zero-order valence-electron chi connectivity index (χ0n) is 23.1. The van der Waals surface area contributed by atoms with Gasteiger partial charge in [0.2, 0.25) is 11.9 Å². The first-order chi connectivity index (χ1) is 21.7. The van der Waals surface area contributed by atoms with Crippen molar-refractivity contribution in [2.75, 3.05) is 17.7 Å². The molecule has 10 nitrogen and oxygen atoms in total. The van der Waals surface area contributed by atoms with Crippen LogP contribution in [-0.4, -0.2) is 44.1 Å². The van der Waals surface area contributed by atoms with Gasteiger partial charge in [-0.05, 0) is 36.4 Å². The average molecular weight is 682 g/mol. The van der Waals surface area contributed by atoms with Gasteiger partial charge in [0, 0.05) is 23.2 Å². The van der Waals surface area contributed by atoms with E-state index >= 15 is 0 Å². The summed E-state index contributed by atoms with van der Waals surface area (Å²) in [5, 5.41) is 17.3. The van der Waals surface area contributed by atoms with Crippen LogP contribution >= 0.6 is 46.4 Å². The van der Waals surface area contributed by atoms with Gasteiger partial charge in [0.1, 0.15) is 0 Å². The molecule has 0 fully saturated rings. The Kier molecular flexibility index (Phi) is 9.80. The lowest BCUT2D eigenvalue weighted by Gasteiger charge is -2.11. The number of rotatable bonds is 6. The van der Waals surface area contributed by atoms with Crippen LogP contribution in [0.2, 0.25) is 20.1 Å². The van der Waals surface area contributed by atoms with E-state index in [9.17, 15) is 9.59 Å². The number of hydrogen-bond donors (Lipinski definition) is 3. The average Bonchev–Trinajstić information content (AvgIpc) is 3.04. The molecule has 0 saturated heterocycles. The summed E-state index contributed by atoms with van der Waals surface area (Å²) in [4.78, 5) is 40.1. The summed E-state index contributed by atoms with van der Waals surface area (Å²) < 4.78 is 4.69. The second-order valence-corrected chi connectivity index (χ2v) is 10.7. The van der Waals surface area contributed by atoms with E-state index in [0.717, 1.165) is 21.8 Å². The Hall–Kier alpha value is -4.74. The van der Waals surface area contributed by atoms with Gasteiger partial charge in [-0.25, -0.2) is 29.5 Å². The predicted octanol–water partition coefficient (Wildman–Crippen LogP) is 8.85. The maximum Gasteiger partial charge on any atom is 0.340 e. The van der Waals surface area contributed by atoms with E-state index in [1.807, 2.05) is 48.5 Å². The molecule has 2 aromatic heterocycles. The number of hydrogen-bond acceptors (Lipinski definition) is 9. The number of carbonyl (C=O) groups excluding carboxylic acids is 1. The fourth-order valence-electron chi connectivity index (χ4n) is 4.09. The minimum Gasteiger partial charge on any atom is -0.478 e. The number of aromatic nitrogens is 4. The van der Waals surface area contributed by atoms with E-state index in [2.05, 4.69) is 30.6 Å². The number of nitrogens with one attached hydrogen (secondary N) is 2. The van der Waals surface area contributed by atoms with Gasteiger partial charge < -0.3 is 20.5 Å². The van der Waals surface area contributed by atoms with E-state index in [4.69, 9.17) is 56.2 Å². The molecule has 3 N–H and O–H groups in total. The van der Waals surface area contributed by atoms with Gasteiger partial charge in [0.15, 0.2) is 0 Å². The molecular weight excluding hydrogens is 662 g/mol. The third-order valence-corrected chi connectivity index (χ3v) is 7.67. The van der Waals surface area contributed by atoms with Crippen LogP contribution in [0, 0.1) is 0 Å². The van der Waals surface area contributed by atoms with E-state index < -0.39 is 11.9 Å². The van der Waals surface area contributed by atoms with Crippen LogP contribution in [0.1, 0.15) is 20.7 Å². The number of aromatic carboxylic acids is 1. The second kappa shape index (κ2) is 13.9. The van der Waals surface area contributed by atoms with Crippen LogP contribution in [0.5, 0.6) is 0 Å². The van der Waals surface area contributed by atoms with E-state index in [-0.39, 0.29) is 31.2 Å². The standard InChI is InChI=1S/C16H11Cl2N3O2.C15H9Cl2N3O2/c1-23-15(22)13-10(17)6-7-12(14(13)18)21-16-19-8-9-4-2-3-5-11(9)20-16;16-9-5-6-11(13(17)12(9)14(21)22)20-15-18-7-8-3-1-2-4-10(8)19-15/h2-8H,1H3,(H,19,20,21);1-7H,(H,21,22)(H,18,19,20). The van der Waals surface area contributed by atoms with Gasteiger partial charge in [0.05, 0.1) is 60.7 Å². The molecule has 2 heterocycles. The van der Waals surface area contributed by atoms with Crippen molar-refractivity contribution in [1.82, 2.24) is 19.9 Å². The number of benzene rings is 4. The molecule has 6 rings (SSSR count). The summed E-state index contributed by atoms with van der Waals surface area (Å²) in [5.74, 6) is -1.12. The molecule has 0 aliphatic carbocycles. The first kappa shape index (κ1) is 31.7. The molecule has 4 aromatic carbocycles. The molecule has 0 saturated carbocycles. The number of nitrogens with zero attached hydrogens (tertiary/aromatic N) is 4. The van der Waals surface area contributed by atoms with Crippen molar-refractivity contribution < 1.29 is 19.4 Å². The van der Waals surface area contributed by atoms with Crippen LogP contribution in [0.15, 0.2) is 85.2 Å². The number of para-hydroxylation sites is 2. The Morgan fingerprint density at radius 1 is 0.667 bits per heavy atom. The third-order valence-electron chi connectivity index (χ3n) is 6.26. The lowest BCUT2D eigenvalue weighted by atomic mass is 10.2. The van der Waals surface area contributed by atoms with Gasteiger partial charge in [-0.2, -0.15) is 0 Å². The molecule has 0 spiro atoms. The summed E-state index contributed by atoms with van der Waals surface area (Å²) in [5.41, 5.74) is 2.34. The van der Waals surface area contributed by atoms with Crippen molar-refractivity contribution in [1.29, 1.82) is 0 Å². The molecule has 0 unspecified atom stereocenters. The first-order valence-electron chi connectivity index (χ1n) is 12.9. The predicted molar refractivity (Wildman–Crippen MR) is 177 cm³/mol. The van der Waals surface area contributed by atoms with Gasteiger partial charge >= 0.3 is 11.9 Å². The Morgan fingerprint density at radius 2 is 1.11 bits per heavy atom. The minimum absolute atomic E-state index is 0.0109. The SMILES string of the molecule is COC(=O)c1c(Cl)ccc(Nc2ncc3ccccc3n2)c1Cl.O=C(O)c1c(Cl)ccc(Nc2ncc3ccccc3n2)c1Cl. The summed E-state index contributed by atoms with van der Waals surface area (Å²) >= 11 is 24.2. The molecule has 0 radical (unpaired) electrons. The first-order valence-corrected chi connectivity index (χ1v) is 14.4. The molecule has 226 valence electrons. The van der Waals surface area contributed by atoms with E-state index in [0.29, 0.717) is 23.3 Å². The molecule has 14 heteroatoms. The van der Waals surface area contributed by atoms with Gasteiger partial charge in [0.25, 0.3) is 0 Å². The lowest BCUT2D eigenvalue weighted by molar-refractivity contribution is 0.0600. The van der Waals surface area contributed by atoms with Crippen molar-refractivity contribution in [2.24, 2.45) is 0 Å². The number of halogens is 4. The van der Waals surface area contributed by atoms with Crippen molar-refractivity contribution in [3.8, 4) is 0 Å². The molecule has 0 aliphatic rings. The maximum absolute atomic E-state index is 11.8. The summed E-state index contributed by atoms with van der Waals surface area (Å²) in [6.45, 7) is 0. The number of anilines is 4. The van der Waals surface area contributed by atoms with Crippen molar-refractivity contribution in [3.05, 3.63) is 116 Å². The van der Waals surface area contributed by atoms with Gasteiger partial charge in [-0.1, -0.05) is 82.8 Å². The van der Waals surface area contributed by atoms with Crippen LogP contribution in [-0.2, 0) is 4.74 Å². The van der Waals surface area contributed by atoms with Crippen LogP contribution < -0.4 is 10.6 Å². The Bertz CT molecular complexity index is 2080. The zero-order chi connectivity index (χ0) is 32.1. The number of carboxylic acids is 1. The fraction of sp³-hybridized carbons (Fsp3) is 0.0323. The van der Waals surface area contributed by atoms with Crippen LogP contribution in [0.25, 0.3) is 21.8 Å². The number of methoxy groups -OCH3 is 1. The highest BCUT2D eigenvalue weighted by Gasteiger charge is 2.19. The number of carbonyl (C=O) groups is 2. The molecule has 45 heavy (non-hydrogen) atoms. The van der Waals surface area contributed by atoms with E-state index in [1.165, 1.54) is 13.2 Å².